The van der Waals surface area contributed by atoms with Crippen molar-refractivity contribution in [3.8, 4) is 11.1 Å². The Bertz CT molecular complexity index is 921. The van der Waals surface area contributed by atoms with Crippen LogP contribution in [0.2, 0.25) is 5.15 Å². The zero-order chi connectivity index (χ0) is 20.6. The van der Waals surface area contributed by atoms with Crippen LogP contribution in [0.5, 0.6) is 0 Å². The Morgan fingerprint density at radius 2 is 1.96 bits per heavy atom. The first-order chi connectivity index (χ1) is 13.1. The molecule has 2 aromatic rings. The number of aromatic nitrogens is 2. The van der Waals surface area contributed by atoms with Gasteiger partial charge in [0, 0.05) is 24.6 Å². The fraction of sp³-hybridized carbons (Fsp3) is 0.353. The van der Waals surface area contributed by atoms with Crippen molar-refractivity contribution < 1.29 is 26.7 Å². The van der Waals surface area contributed by atoms with E-state index in [1.807, 2.05) is 0 Å². The fourth-order valence-corrected chi connectivity index (χ4v) is 2.99. The highest BCUT2D eigenvalue weighted by Gasteiger charge is 2.37. The van der Waals surface area contributed by atoms with E-state index in [1.165, 1.54) is 4.90 Å². The predicted molar refractivity (Wildman–Crippen MR) is 93.1 cm³/mol. The van der Waals surface area contributed by atoms with E-state index in [1.54, 1.807) is 0 Å². The van der Waals surface area contributed by atoms with E-state index >= 15 is 0 Å². The van der Waals surface area contributed by atoms with Gasteiger partial charge in [-0.1, -0.05) is 11.6 Å². The molecule has 11 heteroatoms. The largest absolute Gasteiger partial charge is 0.408 e. The predicted octanol–water partition coefficient (Wildman–Crippen LogP) is 4.56. The monoisotopic (exact) mass is 420 g/mol. The van der Waals surface area contributed by atoms with Crippen LogP contribution in [0.1, 0.15) is 19.8 Å². The van der Waals surface area contributed by atoms with E-state index in [-0.39, 0.29) is 41.1 Å². The molecule has 0 aliphatic carbocycles. The van der Waals surface area contributed by atoms with Crippen molar-refractivity contribution in [2.75, 3.05) is 16.8 Å². The molecule has 0 bridgehead atoms. The fourth-order valence-electron chi connectivity index (χ4n) is 2.72. The highest BCUT2D eigenvalue weighted by Crippen LogP contribution is 2.38. The molecule has 1 aliphatic heterocycles. The molecule has 28 heavy (non-hydrogen) atoms. The number of rotatable bonds is 4. The summed E-state index contributed by atoms with van der Waals surface area (Å²) in [6, 6.07) is 0.478. The van der Waals surface area contributed by atoms with Gasteiger partial charge in [-0.15, -0.1) is 0 Å². The van der Waals surface area contributed by atoms with Crippen molar-refractivity contribution in [3.63, 3.8) is 0 Å². The number of halogens is 6. The summed E-state index contributed by atoms with van der Waals surface area (Å²) in [4.78, 5) is 21.1. The van der Waals surface area contributed by atoms with E-state index in [4.69, 9.17) is 11.6 Å². The number of anilines is 2. The summed E-state index contributed by atoms with van der Waals surface area (Å²) in [7, 11) is 0. The lowest BCUT2D eigenvalue weighted by atomic mass is 10.1. The topological polar surface area (TPSA) is 58.1 Å². The molecule has 150 valence electrons. The van der Waals surface area contributed by atoms with Crippen molar-refractivity contribution in [2.24, 2.45) is 0 Å². The SMILES string of the molecule is C[C@H](Nc1nc(N2CCCC2=O)nc(Cl)c1-c1ccc(F)cc1F)C(F)(F)F. The number of amides is 1. The molecular formula is C17H14ClF5N4O. The lowest BCUT2D eigenvalue weighted by Gasteiger charge is -2.22. The van der Waals surface area contributed by atoms with Gasteiger partial charge in [-0.3, -0.25) is 9.69 Å². The average molecular weight is 421 g/mol. The molecule has 3 rings (SSSR count). The summed E-state index contributed by atoms with van der Waals surface area (Å²) in [6.45, 7) is 1.13. The summed E-state index contributed by atoms with van der Waals surface area (Å²) in [6.07, 6.45) is -3.84. The number of hydrogen-bond donors (Lipinski definition) is 1. The molecule has 1 N–H and O–H groups in total. The van der Waals surface area contributed by atoms with Crippen LogP contribution in [-0.4, -0.2) is 34.6 Å². The molecule has 2 heterocycles. The maximum atomic E-state index is 14.3. The molecule has 0 unspecified atom stereocenters. The zero-order valence-electron chi connectivity index (χ0n) is 14.4. The normalized spacial score (nSPS) is 15.8. The minimum absolute atomic E-state index is 0.185. The zero-order valence-corrected chi connectivity index (χ0v) is 15.2. The number of hydrogen-bond acceptors (Lipinski definition) is 4. The van der Waals surface area contributed by atoms with E-state index in [0.717, 1.165) is 19.1 Å². The maximum Gasteiger partial charge on any atom is 0.408 e. The molecule has 1 saturated heterocycles. The van der Waals surface area contributed by atoms with Crippen LogP contribution in [-0.2, 0) is 4.79 Å². The molecule has 0 radical (unpaired) electrons. The van der Waals surface area contributed by atoms with Crippen LogP contribution in [0.25, 0.3) is 11.1 Å². The number of nitrogens with one attached hydrogen (secondary N) is 1. The van der Waals surface area contributed by atoms with Crippen molar-refractivity contribution in [2.45, 2.75) is 32.0 Å². The minimum Gasteiger partial charge on any atom is -0.358 e. The summed E-state index contributed by atoms with van der Waals surface area (Å²) >= 11 is 6.13. The van der Waals surface area contributed by atoms with E-state index < -0.39 is 29.7 Å². The van der Waals surface area contributed by atoms with Crippen LogP contribution in [0.15, 0.2) is 18.2 Å². The molecule has 1 fully saturated rings. The third kappa shape index (κ3) is 4.01. The van der Waals surface area contributed by atoms with Crippen molar-refractivity contribution in [3.05, 3.63) is 35.0 Å². The van der Waals surface area contributed by atoms with Gasteiger partial charge in [-0.05, 0) is 25.5 Å². The Morgan fingerprint density at radius 1 is 1.25 bits per heavy atom. The quantitative estimate of drug-likeness (QED) is 0.581. The van der Waals surface area contributed by atoms with Crippen molar-refractivity contribution >= 4 is 29.3 Å². The lowest BCUT2D eigenvalue weighted by molar-refractivity contribution is -0.138. The Labute approximate surface area is 161 Å². The van der Waals surface area contributed by atoms with E-state index in [9.17, 15) is 26.7 Å². The highest BCUT2D eigenvalue weighted by atomic mass is 35.5. The summed E-state index contributed by atoms with van der Waals surface area (Å²) in [5.74, 6) is -2.80. The third-order valence-electron chi connectivity index (χ3n) is 4.21. The van der Waals surface area contributed by atoms with E-state index in [2.05, 4.69) is 15.3 Å². The van der Waals surface area contributed by atoms with Gasteiger partial charge >= 0.3 is 6.18 Å². The van der Waals surface area contributed by atoms with Gasteiger partial charge < -0.3 is 5.32 Å². The molecule has 1 atom stereocenters. The van der Waals surface area contributed by atoms with Gasteiger partial charge in [0.2, 0.25) is 11.9 Å². The molecule has 0 spiro atoms. The summed E-state index contributed by atoms with van der Waals surface area (Å²) in [5.41, 5.74) is -0.534. The van der Waals surface area contributed by atoms with Crippen molar-refractivity contribution in [1.29, 1.82) is 0 Å². The minimum atomic E-state index is -4.63. The van der Waals surface area contributed by atoms with Gasteiger partial charge in [-0.25, -0.2) is 8.78 Å². The molecule has 1 aromatic heterocycles. The highest BCUT2D eigenvalue weighted by molar-refractivity contribution is 6.33. The average Bonchev–Trinajstić information content (AvgIpc) is 3.01. The molecule has 5 nitrogen and oxygen atoms in total. The Morgan fingerprint density at radius 3 is 2.54 bits per heavy atom. The molecule has 1 aromatic carbocycles. The molecule has 0 saturated carbocycles. The lowest BCUT2D eigenvalue weighted by Crippen LogP contribution is -2.34. The number of carbonyl (C=O) groups is 1. The Kier molecular flexibility index (Phi) is 5.42. The first-order valence-corrected chi connectivity index (χ1v) is 8.62. The van der Waals surface area contributed by atoms with Gasteiger partial charge in [0.05, 0.1) is 5.56 Å². The first kappa shape index (κ1) is 20.2. The number of carbonyl (C=O) groups excluding carboxylic acids is 1. The standard InChI is InChI=1S/C17H14ClF5N4O/c1-8(17(21,22)23)24-15-13(10-5-4-9(19)7-11(10)20)14(18)25-16(26-15)27-6-2-3-12(27)28/h4-5,7-8H,2-3,6H2,1H3,(H,24,25,26)/t8-/m0/s1. The Balaban J connectivity index is 2.15. The van der Waals surface area contributed by atoms with Gasteiger partial charge in [0.1, 0.15) is 28.6 Å². The smallest absolute Gasteiger partial charge is 0.358 e. The van der Waals surface area contributed by atoms with Crippen LogP contribution in [0, 0.1) is 11.6 Å². The Hall–Kier alpha value is -2.49. The second-order valence-corrected chi connectivity index (χ2v) is 6.58. The first-order valence-electron chi connectivity index (χ1n) is 8.24. The number of nitrogens with zero attached hydrogens (tertiary/aromatic N) is 3. The second-order valence-electron chi connectivity index (χ2n) is 6.22. The number of alkyl halides is 3. The molecule has 1 amide bonds. The van der Waals surface area contributed by atoms with Gasteiger partial charge in [0.15, 0.2) is 0 Å². The van der Waals surface area contributed by atoms with Crippen LogP contribution < -0.4 is 10.2 Å². The molecular weight excluding hydrogens is 407 g/mol. The summed E-state index contributed by atoms with van der Waals surface area (Å²) < 4.78 is 66.6. The summed E-state index contributed by atoms with van der Waals surface area (Å²) in [5, 5.41) is 1.78. The van der Waals surface area contributed by atoms with Gasteiger partial charge in [0.25, 0.3) is 0 Å². The second kappa shape index (κ2) is 7.50. The molecule has 1 aliphatic rings. The van der Waals surface area contributed by atoms with E-state index in [0.29, 0.717) is 12.5 Å². The van der Waals surface area contributed by atoms with Crippen LogP contribution >= 0.6 is 11.6 Å². The van der Waals surface area contributed by atoms with Crippen molar-refractivity contribution in [1.82, 2.24) is 9.97 Å². The number of benzene rings is 1. The third-order valence-corrected chi connectivity index (χ3v) is 4.49. The maximum absolute atomic E-state index is 14.3. The van der Waals surface area contributed by atoms with Crippen LogP contribution in [0.4, 0.5) is 33.7 Å². The van der Waals surface area contributed by atoms with Gasteiger partial charge in [-0.2, -0.15) is 23.1 Å². The van der Waals surface area contributed by atoms with Crippen LogP contribution in [0.3, 0.4) is 0 Å².